The van der Waals surface area contributed by atoms with Gasteiger partial charge in [0, 0.05) is 0 Å². The molecule has 0 spiro atoms. The van der Waals surface area contributed by atoms with Gasteiger partial charge in [0.05, 0.1) is 16.4 Å². The number of alkyl halides is 1. The fourth-order valence-corrected chi connectivity index (χ4v) is 2.18. The van der Waals surface area contributed by atoms with E-state index in [9.17, 15) is 9.18 Å². The predicted molar refractivity (Wildman–Crippen MR) is 72.5 cm³/mol. The maximum Gasteiger partial charge on any atom is 0.243 e. The molecule has 102 valence electrons. The first-order valence-electron chi connectivity index (χ1n) is 5.87. The molecule has 0 radical (unpaired) electrons. The van der Waals surface area contributed by atoms with Gasteiger partial charge in [0.2, 0.25) is 5.91 Å². The Morgan fingerprint density at radius 2 is 2.16 bits per heavy atom. The van der Waals surface area contributed by atoms with Gasteiger partial charge in [-0.25, -0.2) is 9.37 Å². The molecule has 4 nitrogen and oxygen atoms in total. The molecule has 2 aromatic rings. The normalized spacial score (nSPS) is 13.7. The number of nitrogens with zero attached hydrogens (tertiary/aromatic N) is 2. The van der Waals surface area contributed by atoms with Crippen molar-refractivity contribution in [2.75, 3.05) is 0 Å². The van der Waals surface area contributed by atoms with Crippen molar-refractivity contribution in [1.82, 2.24) is 9.55 Å². The fourth-order valence-electron chi connectivity index (χ4n) is 2.03. The third-order valence-electron chi connectivity index (χ3n) is 3.16. The molecule has 0 saturated heterocycles. The van der Waals surface area contributed by atoms with E-state index in [4.69, 9.17) is 17.3 Å². The molecule has 1 aromatic heterocycles. The molecular weight excluding hydrogens is 269 g/mol. The van der Waals surface area contributed by atoms with Crippen molar-refractivity contribution in [2.45, 2.75) is 31.7 Å². The second kappa shape index (κ2) is 4.49. The Hall–Kier alpha value is -1.62. The average Bonchev–Trinajstić information content (AvgIpc) is 2.67. The molecule has 1 aromatic carbocycles. The van der Waals surface area contributed by atoms with Crippen molar-refractivity contribution >= 4 is 28.5 Å². The van der Waals surface area contributed by atoms with Crippen molar-refractivity contribution in [3.8, 4) is 0 Å². The molecule has 1 amide bonds. The Morgan fingerprint density at radius 3 is 2.68 bits per heavy atom. The van der Waals surface area contributed by atoms with Gasteiger partial charge < -0.3 is 10.3 Å². The second-order valence-electron chi connectivity index (χ2n) is 4.98. The predicted octanol–water partition coefficient (Wildman–Crippen LogP) is 2.70. The molecule has 0 aliphatic rings. The zero-order valence-corrected chi connectivity index (χ0v) is 11.7. The molecule has 2 N–H and O–H groups in total. The summed E-state index contributed by atoms with van der Waals surface area (Å²) in [6.07, 6.45) is 0. The second-order valence-corrected chi connectivity index (χ2v) is 5.63. The summed E-state index contributed by atoms with van der Waals surface area (Å²) in [6.45, 7) is 5.06. The number of primary amides is 1. The van der Waals surface area contributed by atoms with Crippen LogP contribution in [-0.2, 0) is 10.3 Å². The van der Waals surface area contributed by atoms with Crippen LogP contribution in [0.5, 0.6) is 0 Å². The molecule has 0 saturated carbocycles. The minimum Gasteiger partial charge on any atom is -0.368 e. The number of carbonyl (C=O) groups excluding carboxylic acids is 1. The van der Waals surface area contributed by atoms with Gasteiger partial charge in [-0.2, -0.15) is 0 Å². The van der Waals surface area contributed by atoms with E-state index in [1.165, 1.54) is 12.1 Å². The molecule has 0 bridgehead atoms. The van der Waals surface area contributed by atoms with Gasteiger partial charge in [0.1, 0.15) is 17.2 Å². The lowest BCUT2D eigenvalue weighted by molar-refractivity contribution is -0.125. The van der Waals surface area contributed by atoms with Crippen LogP contribution in [0.15, 0.2) is 18.2 Å². The Bertz CT molecular complexity index is 649. The third-order valence-corrected chi connectivity index (χ3v) is 3.36. The topological polar surface area (TPSA) is 60.9 Å². The highest BCUT2D eigenvalue weighted by atomic mass is 35.5. The van der Waals surface area contributed by atoms with E-state index in [0.717, 1.165) is 0 Å². The zero-order chi connectivity index (χ0) is 14.4. The van der Waals surface area contributed by atoms with Crippen LogP contribution < -0.4 is 5.73 Å². The molecule has 2 rings (SSSR count). The van der Waals surface area contributed by atoms with E-state index in [1.807, 2.05) is 0 Å². The highest BCUT2D eigenvalue weighted by Gasteiger charge is 2.32. The van der Waals surface area contributed by atoms with Crippen LogP contribution in [0.25, 0.3) is 11.0 Å². The molecular formula is C13H15ClFN3O. The van der Waals surface area contributed by atoms with Crippen LogP contribution in [0, 0.1) is 5.82 Å². The number of halogens is 2. The van der Waals surface area contributed by atoms with Crippen LogP contribution in [0.4, 0.5) is 4.39 Å². The summed E-state index contributed by atoms with van der Waals surface area (Å²) in [7, 11) is 0. The molecule has 1 heterocycles. The number of aromatic nitrogens is 2. The molecule has 19 heavy (non-hydrogen) atoms. The van der Waals surface area contributed by atoms with E-state index in [1.54, 1.807) is 31.4 Å². The lowest BCUT2D eigenvalue weighted by Gasteiger charge is -2.26. The van der Waals surface area contributed by atoms with Crippen LogP contribution in [0.1, 0.15) is 32.0 Å². The molecule has 6 heteroatoms. The Kier molecular flexibility index (Phi) is 3.26. The van der Waals surface area contributed by atoms with E-state index in [2.05, 4.69) is 4.98 Å². The smallest absolute Gasteiger partial charge is 0.243 e. The first-order valence-corrected chi connectivity index (χ1v) is 6.31. The number of hydrogen-bond acceptors (Lipinski definition) is 2. The van der Waals surface area contributed by atoms with Gasteiger partial charge in [-0.3, -0.25) is 4.79 Å². The maximum absolute atomic E-state index is 13.4. The van der Waals surface area contributed by atoms with Crippen molar-refractivity contribution in [3.63, 3.8) is 0 Å². The summed E-state index contributed by atoms with van der Waals surface area (Å²) in [5.41, 5.74) is 5.48. The van der Waals surface area contributed by atoms with Crippen LogP contribution >= 0.6 is 11.6 Å². The number of carbonyl (C=O) groups is 1. The maximum atomic E-state index is 13.4. The largest absolute Gasteiger partial charge is 0.368 e. The SMILES string of the molecule is CC(Cl)c1nc2ccc(F)cc2n1C(C)(C)C(N)=O. The van der Waals surface area contributed by atoms with Crippen LogP contribution in [0.2, 0.25) is 0 Å². The van der Waals surface area contributed by atoms with Gasteiger partial charge in [0.15, 0.2) is 0 Å². The number of hydrogen-bond donors (Lipinski definition) is 1. The Balaban J connectivity index is 2.85. The minimum absolute atomic E-state index is 0.400. The summed E-state index contributed by atoms with van der Waals surface area (Å²) in [6, 6.07) is 4.20. The number of benzene rings is 1. The van der Waals surface area contributed by atoms with Crippen LogP contribution in [-0.4, -0.2) is 15.5 Å². The summed E-state index contributed by atoms with van der Waals surface area (Å²) < 4.78 is 15.0. The average molecular weight is 284 g/mol. The molecule has 1 atom stereocenters. The lowest BCUT2D eigenvalue weighted by Crippen LogP contribution is -2.42. The number of amides is 1. The molecule has 0 aliphatic heterocycles. The Labute approximate surface area is 115 Å². The van der Waals surface area contributed by atoms with Gasteiger partial charge in [-0.15, -0.1) is 11.6 Å². The first kappa shape index (κ1) is 13.8. The summed E-state index contributed by atoms with van der Waals surface area (Å²) in [5, 5.41) is -0.422. The summed E-state index contributed by atoms with van der Waals surface area (Å²) in [4.78, 5) is 16.0. The number of rotatable bonds is 3. The standard InChI is InChI=1S/C13H15ClFN3O/c1-7(14)11-17-9-5-4-8(15)6-10(9)18(11)13(2,3)12(16)19/h4-7H,1-3H3,(H2,16,19). The van der Waals surface area contributed by atoms with E-state index < -0.39 is 22.6 Å². The minimum atomic E-state index is -1.04. The number of fused-ring (bicyclic) bond motifs is 1. The molecule has 0 fully saturated rings. The quantitative estimate of drug-likeness (QED) is 0.881. The van der Waals surface area contributed by atoms with Crippen molar-refractivity contribution < 1.29 is 9.18 Å². The van der Waals surface area contributed by atoms with Crippen molar-refractivity contribution in [2.24, 2.45) is 5.73 Å². The number of nitrogens with two attached hydrogens (primary N) is 1. The summed E-state index contributed by atoms with van der Waals surface area (Å²) >= 11 is 6.10. The van der Waals surface area contributed by atoms with Crippen molar-refractivity contribution in [1.29, 1.82) is 0 Å². The van der Waals surface area contributed by atoms with E-state index in [-0.39, 0.29) is 0 Å². The highest BCUT2D eigenvalue weighted by molar-refractivity contribution is 6.20. The van der Waals surface area contributed by atoms with Crippen molar-refractivity contribution in [3.05, 3.63) is 29.8 Å². The van der Waals surface area contributed by atoms with Gasteiger partial charge in [-0.1, -0.05) is 0 Å². The van der Waals surface area contributed by atoms with E-state index in [0.29, 0.717) is 16.9 Å². The molecule has 1 unspecified atom stereocenters. The summed E-state index contributed by atoms with van der Waals surface area (Å²) in [5.74, 6) is -0.441. The molecule has 0 aliphatic carbocycles. The highest BCUT2D eigenvalue weighted by Crippen LogP contribution is 2.31. The number of imidazole rings is 1. The monoisotopic (exact) mass is 283 g/mol. The lowest BCUT2D eigenvalue weighted by atomic mass is 10.0. The van der Waals surface area contributed by atoms with E-state index >= 15 is 0 Å². The van der Waals surface area contributed by atoms with Gasteiger partial charge in [-0.05, 0) is 39.0 Å². The van der Waals surface area contributed by atoms with Crippen LogP contribution in [0.3, 0.4) is 0 Å². The first-order chi connectivity index (χ1) is 8.75. The zero-order valence-electron chi connectivity index (χ0n) is 10.9. The van der Waals surface area contributed by atoms with Gasteiger partial charge >= 0.3 is 0 Å². The third kappa shape index (κ3) is 2.18. The van der Waals surface area contributed by atoms with Gasteiger partial charge in [0.25, 0.3) is 0 Å². The Morgan fingerprint density at radius 1 is 1.53 bits per heavy atom. The fraction of sp³-hybridized carbons (Fsp3) is 0.385.